The Kier molecular flexibility index (Phi) is 6.14. The summed E-state index contributed by atoms with van der Waals surface area (Å²) < 4.78 is 40.1. The number of halogens is 1. The summed E-state index contributed by atoms with van der Waals surface area (Å²) in [5, 5.41) is 3.07. The highest BCUT2D eigenvalue weighted by Gasteiger charge is 2.25. The van der Waals surface area contributed by atoms with Gasteiger partial charge in [-0.15, -0.1) is 0 Å². The van der Waals surface area contributed by atoms with Crippen molar-refractivity contribution in [3.8, 4) is 0 Å². The summed E-state index contributed by atoms with van der Waals surface area (Å²) in [6.07, 6.45) is 11.5. The van der Waals surface area contributed by atoms with Crippen LogP contribution in [0.3, 0.4) is 0 Å². The summed E-state index contributed by atoms with van der Waals surface area (Å²) >= 11 is 0. The van der Waals surface area contributed by atoms with E-state index in [9.17, 15) is 12.8 Å². The molecule has 1 aliphatic heterocycles. The Morgan fingerprint density at radius 3 is 2.46 bits per heavy atom. The van der Waals surface area contributed by atoms with Crippen molar-refractivity contribution in [3.63, 3.8) is 0 Å². The molecule has 0 bridgehead atoms. The zero-order chi connectivity index (χ0) is 24.6. The van der Waals surface area contributed by atoms with Crippen molar-refractivity contribution >= 4 is 32.8 Å². The second-order valence-electron chi connectivity index (χ2n) is 8.84. The van der Waals surface area contributed by atoms with Gasteiger partial charge in [0.15, 0.2) is 15.5 Å². The number of aryl methyl sites for hydroxylation is 1. The van der Waals surface area contributed by atoms with Crippen LogP contribution in [-0.4, -0.2) is 47.1 Å². The molecule has 0 saturated carbocycles. The molecule has 0 unspecified atom stereocenters. The van der Waals surface area contributed by atoms with Gasteiger partial charge in [0.1, 0.15) is 5.82 Å². The molecule has 0 aliphatic carbocycles. The quantitative estimate of drug-likeness (QED) is 0.426. The van der Waals surface area contributed by atoms with Gasteiger partial charge in [-0.1, -0.05) is 6.92 Å². The zero-order valence-electron chi connectivity index (χ0n) is 19.6. The van der Waals surface area contributed by atoms with Crippen molar-refractivity contribution < 1.29 is 12.8 Å². The number of nitrogens with one attached hydrogen (secondary N) is 1. The lowest BCUT2D eigenvalue weighted by atomic mass is 9.94. The number of rotatable bonds is 6. The molecule has 1 aromatic carbocycles. The molecule has 1 saturated heterocycles. The lowest BCUT2D eigenvalue weighted by molar-refractivity contribution is 0.488. The number of anilines is 3. The number of benzene rings is 1. The van der Waals surface area contributed by atoms with E-state index in [0.29, 0.717) is 17.3 Å². The van der Waals surface area contributed by atoms with Crippen LogP contribution in [0.15, 0.2) is 60.0 Å². The van der Waals surface area contributed by atoms with E-state index in [4.69, 9.17) is 0 Å². The van der Waals surface area contributed by atoms with E-state index in [1.165, 1.54) is 12.1 Å². The molecular weight excluding hydrogens is 467 g/mol. The van der Waals surface area contributed by atoms with Crippen LogP contribution < -0.4 is 10.2 Å². The number of pyridine rings is 1. The van der Waals surface area contributed by atoms with Gasteiger partial charge in [-0.3, -0.25) is 0 Å². The molecule has 35 heavy (non-hydrogen) atoms. The van der Waals surface area contributed by atoms with E-state index in [-0.39, 0.29) is 10.6 Å². The van der Waals surface area contributed by atoms with Gasteiger partial charge in [-0.05, 0) is 55.2 Å². The van der Waals surface area contributed by atoms with Crippen LogP contribution in [-0.2, 0) is 16.3 Å². The molecule has 8 nitrogen and oxygen atoms in total. The number of aromatic nitrogens is 4. The van der Waals surface area contributed by atoms with Crippen LogP contribution in [0.2, 0.25) is 0 Å². The number of fused-ring (bicyclic) bond motifs is 1. The van der Waals surface area contributed by atoms with Crippen molar-refractivity contribution in [2.75, 3.05) is 29.6 Å². The SMILES string of the molecule is CCc1cnc(N2CCC(c3cnc4c(Nc5ccc(S(C)(=O)=O)cc5F)cccn34)CC2)nc1. The fourth-order valence-corrected chi connectivity index (χ4v) is 5.10. The van der Waals surface area contributed by atoms with Crippen molar-refractivity contribution in [2.24, 2.45) is 0 Å². The van der Waals surface area contributed by atoms with Gasteiger partial charge < -0.3 is 14.6 Å². The van der Waals surface area contributed by atoms with E-state index in [1.807, 2.05) is 41.3 Å². The molecule has 5 rings (SSSR count). The number of hydrogen-bond donors (Lipinski definition) is 1. The van der Waals surface area contributed by atoms with Crippen LogP contribution in [0, 0.1) is 5.82 Å². The van der Waals surface area contributed by atoms with Gasteiger partial charge in [-0.2, -0.15) is 0 Å². The van der Waals surface area contributed by atoms with Gasteiger partial charge in [0, 0.05) is 55.7 Å². The normalized spacial score (nSPS) is 15.0. The van der Waals surface area contributed by atoms with Gasteiger partial charge in [0.2, 0.25) is 5.95 Å². The largest absolute Gasteiger partial charge is 0.350 e. The summed E-state index contributed by atoms with van der Waals surface area (Å²) in [5.41, 5.74) is 3.77. The maximum Gasteiger partial charge on any atom is 0.225 e. The lowest BCUT2D eigenvalue weighted by Crippen LogP contribution is -2.34. The second kappa shape index (κ2) is 9.26. The monoisotopic (exact) mass is 494 g/mol. The van der Waals surface area contributed by atoms with Gasteiger partial charge in [0.25, 0.3) is 0 Å². The van der Waals surface area contributed by atoms with Gasteiger partial charge in [0.05, 0.1) is 16.3 Å². The summed E-state index contributed by atoms with van der Waals surface area (Å²) in [6.45, 7) is 3.81. The summed E-state index contributed by atoms with van der Waals surface area (Å²) in [5.74, 6) is 0.467. The Morgan fingerprint density at radius 1 is 1.06 bits per heavy atom. The average molecular weight is 495 g/mol. The summed E-state index contributed by atoms with van der Waals surface area (Å²) in [7, 11) is -3.48. The Bertz CT molecular complexity index is 1460. The number of sulfone groups is 1. The topological polar surface area (TPSA) is 92.5 Å². The third kappa shape index (κ3) is 4.70. The molecule has 0 spiro atoms. The van der Waals surface area contributed by atoms with Crippen LogP contribution in [0.4, 0.5) is 21.7 Å². The fourth-order valence-electron chi connectivity index (χ4n) is 4.47. The maximum absolute atomic E-state index is 14.6. The molecule has 0 atom stereocenters. The molecule has 0 radical (unpaired) electrons. The third-order valence-corrected chi connectivity index (χ3v) is 7.61. The Morgan fingerprint density at radius 2 is 1.80 bits per heavy atom. The first-order chi connectivity index (χ1) is 16.8. The summed E-state index contributed by atoms with van der Waals surface area (Å²) in [6, 6.07) is 7.58. The van der Waals surface area contributed by atoms with Crippen molar-refractivity contribution in [2.45, 2.75) is 37.0 Å². The predicted molar refractivity (Wildman–Crippen MR) is 134 cm³/mol. The first-order valence-electron chi connectivity index (χ1n) is 11.6. The minimum atomic E-state index is -3.48. The molecule has 4 heterocycles. The Hall–Kier alpha value is -3.53. The number of imidazole rings is 1. The van der Waals surface area contributed by atoms with Crippen molar-refractivity contribution in [3.05, 3.63) is 72.2 Å². The number of nitrogens with zero attached hydrogens (tertiary/aromatic N) is 5. The standard InChI is InChI=1S/C25H27FN6O2S/c1-3-17-14-28-25(29-15-17)31-11-8-18(9-12-31)23-16-27-24-22(5-4-10-32(23)24)30-21-7-6-19(13-20(21)26)35(2,33)34/h4-7,10,13-16,18,30H,3,8-9,11-12H2,1-2H3. The number of hydrogen-bond acceptors (Lipinski definition) is 7. The van der Waals surface area contributed by atoms with E-state index < -0.39 is 15.7 Å². The molecule has 1 aliphatic rings. The molecule has 0 amide bonds. The average Bonchev–Trinajstić information content (AvgIpc) is 3.30. The lowest BCUT2D eigenvalue weighted by Gasteiger charge is -2.31. The molecule has 1 fully saturated rings. The van der Waals surface area contributed by atoms with Crippen molar-refractivity contribution in [1.82, 2.24) is 19.4 Å². The van der Waals surface area contributed by atoms with E-state index in [1.54, 1.807) is 0 Å². The van der Waals surface area contributed by atoms with Crippen LogP contribution in [0.5, 0.6) is 0 Å². The minimum Gasteiger partial charge on any atom is -0.350 e. The van der Waals surface area contributed by atoms with Crippen molar-refractivity contribution in [1.29, 1.82) is 0 Å². The highest BCUT2D eigenvalue weighted by atomic mass is 32.2. The second-order valence-corrected chi connectivity index (χ2v) is 10.9. The highest BCUT2D eigenvalue weighted by Crippen LogP contribution is 2.32. The number of piperidine rings is 1. The first kappa shape index (κ1) is 23.2. The Labute approximate surface area is 203 Å². The fraction of sp³-hybridized carbons (Fsp3) is 0.320. The van der Waals surface area contributed by atoms with Gasteiger partial charge in [-0.25, -0.2) is 27.8 Å². The van der Waals surface area contributed by atoms with Gasteiger partial charge >= 0.3 is 0 Å². The van der Waals surface area contributed by atoms with E-state index in [2.05, 4.69) is 32.1 Å². The van der Waals surface area contributed by atoms with Crippen LogP contribution in [0.1, 0.15) is 36.9 Å². The van der Waals surface area contributed by atoms with Crippen LogP contribution >= 0.6 is 0 Å². The predicted octanol–water partition coefficient (Wildman–Crippen LogP) is 4.36. The molecule has 10 heteroatoms. The molecule has 4 aromatic rings. The molecule has 3 aromatic heterocycles. The smallest absolute Gasteiger partial charge is 0.225 e. The summed E-state index contributed by atoms with van der Waals surface area (Å²) in [4.78, 5) is 15.8. The van der Waals surface area contributed by atoms with Crippen LogP contribution in [0.25, 0.3) is 5.65 Å². The third-order valence-electron chi connectivity index (χ3n) is 6.50. The van der Waals surface area contributed by atoms with E-state index in [0.717, 1.165) is 61.9 Å². The van der Waals surface area contributed by atoms with E-state index >= 15 is 0 Å². The maximum atomic E-state index is 14.6. The minimum absolute atomic E-state index is 0.0556. The zero-order valence-corrected chi connectivity index (χ0v) is 20.5. The first-order valence-corrected chi connectivity index (χ1v) is 13.5. The highest BCUT2D eigenvalue weighted by molar-refractivity contribution is 7.90. The molecule has 182 valence electrons. The molecule has 1 N–H and O–H groups in total. The Balaban J connectivity index is 1.34. The molecular formula is C25H27FN6O2S.